The van der Waals surface area contributed by atoms with Gasteiger partial charge in [-0.3, -0.25) is 0 Å². The van der Waals surface area contributed by atoms with Crippen molar-refractivity contribution in [1.82, 2.24) is 4.98 Å². The second kappa shape index (κ2) is 5.36. The van der Waals surface area contributed by atoms with Crippen LogP contribution >= 0.6 is 11.3 Å². The van der Waals surface area contributed by atoms with Gasteiger partial charge in [0.15, 0.2) is 0 Å². The van der Waals surface area contributed by atoms with Crippen LogP contribution in [0.1, 0.15) is 27.7 Å². The summed E-state index contributed by atoms with van der Waals surface area (Å²) >= 11 is 1.33. The first kappa shape index (κ1) is 13.5. The van der Waals surface area contributed by atoms with Gasteiger partial charge in [0.25, 0.3) is 0 Å². The zero-order valence-electron chi connectivity index (χ0n) is 11.2. The van der Waals surface area contributed by atoms with Crippen molar-refractivity contribution < 1.29 is 14.4 Å². The van der Waals surface area contributed by atoms with Crippen molar-refractivity contribution in [2.75, 3.05) is 14.2 Å². The topological polar surface area (TPSA) is 60.8 Å². The van der Waals surface area contributed by atoms with Crippen molar-refractivity contribution in [3.8, 4) is 0 Å². The quantitative estimate of drug-likeness (QED) is 0.492. The van der Waals surface area contributed by atoms with Gasteiger partial charge in [-0.2, -0.15) is 0 Å². The van der Waals surface area contributed by atoms with Gasteiger partial charge in [-0.05, 0) is 25.5 Å². The molecule has 0 amide bonds. The highest BCUT2D eigenvalue weighted by molar-refractivity contribution is 7.20. The van der Waals surface area contributed by atoms with Gasteiger partial charge in [0, 0.05) is 17.1 Å². The van der Waals surface area contributed by atoms with E-state index in [9.17, 15) is 4.79 Å². The van der Waals surface area contributed by atoms with E-state index in [0.717, 1.165) is 27.1 Å². The molecule has 100 valence electrons. The van der Waals surface area contributed by atoms with Gasteiger partial charge < -0.3 is 9.57 Å². The number of pyridine rings is 1. The predicted molar refractivity (Wildman–Crippen MR) is 74.9 cm³/mol. The lowest BCUT2D eigenvalue weighted by Gasteiger charge is -2.00. The van der Waals surface area contributed by atoms with Crippen LogP contribution in [0.4, 0.5) is 0 Å². The molecule has 0 aliphatic carbocycles. The number of ether oxygens (including phenoxy) is 1. The van der Waals surface area contributed by atoms with Gasteiger partial charge in [-0.25, -0.2) is 9.78 Å². The molecule has 0 aromatic carbocycles. The van der Waals surface area contributed by atoms with Crippen LogP contribution in [0.5, 0.6) is 0 Å². The van der Waals surface area contributed by atoms with Crippen LogP contribution < -0.4 is 0 Å². The molecule has 2 heterocycles. The molecule has 0 saturated heterocycles. The zero-order chi connectivity index (χ0) is 14.0. The summed E-state index contributed by atoms with van der Waals surface area (Å²) in [5.41, 5.74) is 2.49. The molecular weight excluding hydrogens is 264 g/mol. The normalized spacial score (nSPS) is 11.7. The molecule has 0 atom stereocenters. The van der Waals surface area contributed by atoms with Crippen LogP contribution in [0.2, 0.25) is 0 Å². The summed E-state index contributed by atoms with van der Waals surface area (Å²) in [5.74, 6) is -0.329. The number of fused-ring (bicyclic) bond motifs is 1. The largest absolute Gasteiger partial charge is 0.465 e. The molecule has 2 rings (SSSR count). The average molecular weight is 278 g/mol. The first-order chi connectivity index (χ1) is 9.08. The van der Waals surface area contributed by atoms with E-state index in [1.54, 1.807) is 6.20 Å². The standard InChI is InChI=1S/C13H14N2O3S/c1-7-10-5-9(8(2)15-18-4)6-14-12(10)19-11(7)13(16)17-3/h5-6H,1-4H3. The average Bonchev–Trinajstić information content (AvgIpc) is 2.75. The lowest BCUT2D eigenvalue weighted by atomic mass is 10.1. The third kappa shape index (κ3) is 2.44. The fourth-order valence-corrected chi connectivity index (χ4v) is 2.82. The van der Waals surface area contributed by atoms with E-state index in [1.165, 1.54) is 25.6 Å². The van der Waals surface area contributed by atoms with Crippen LogP contribution in [-0.2, 0) is 9.57 Å². The minimum absolute atomic E-state index is 0.329. The fraction of sp³-hybridized carbons (Fsp3) is 0.308. The number of aromatic nitrogens is 1. The van der Waals surface area contributed by atoms with E-state index in [2.05, 4.69) is 10.1 Å². The maximum atomic E-state index is 11.6. The molecule has 0 spiro atoms. The first-order valence-corrected chi connectivity index (χ1v) is 6.45. The minimum atomic E-state index is -0.329. The van der Waals surface area contributed by atoms with Crippen molar-refractivity contribution in [2.45, 2.75) is 13.8 Å². The van der Waals surface area contributed by atoms with E-state index in [0.29, 0.717) is 4.88 Å². The van der Waals surface area contributed by atoms with Crippen LogP contribution in [0.15, 0.2) is 17.4 Å². The molecule has 5 nitrogen and oxygen atoms in total. The van der Waals surface area contributed by atoms with Gasteiger partial charge >= 0.3 is 5.97 Å². The smallest absolute Gasteiger partial charge is 0.348 e. The highest BCUT2D eigenvalue weighted by Gasteiger charge is 2.17. The van der Waals surface area contributed by atoms with Crippen LogP contribution in [-0.4, -0.2) is 30.9 Å². The third-order valence-electron chi connectivity index (χ3n) is 2.81. The number of hydrogen-bond donors (Lipinski definition) is 0. The van der Waals surface area contributed by atoms with Crippen LogP contribution in [0.25, 0.3) is 10.2 Å². The summed E-state index contributed by atoms with van der Waals surface area (Å²) < 4.78 is 4.76. The highest BCUT2D eigenvalue weighted by atomic mass is 32.1. The Hall–Kier alpha value is -1.95. The van der Waals surface area contributed by atoms with Gasteiger partial charge in [0.05, 0.1) is 12.8 Å². The van der Waals surface area contributed by atoms with Crippen molar-refractivity contribution in [2.24, 2.45) is 5.16 Å². The maximum Gasteiger partial charge on any atom is 0.348 e. The zero-order valence-corrected chi connectivity index (χ0v) is 12.0. The summed E-state index contributed by atoms with van der Waals surface area (Å²) in [6.45, 7) is 3.73. The van der Waals surface area contributed by atoms with Crippen molar-refractivity contribution >= 4 is 33.2 Å². The molecule has 2 aromatic heterocycles. The van der Waals surface area contributed by atoms with Gasteiger partial charge in [-0.15, -0.1) is 11.3 Å². The Morgan fingerprint density at radius 3 is 2.79 bits per heavy atom. The van der Waals surface area contributed by atoms with E-state index < -0.39 is 0 Å². The lowest BCUT2D eigenvalue weighted by molar-refractivity contribution is 0.0605. The molecule has 0 N–H and O–H groups in total. The maximum absolute atomic E-state index is 11.6. The molecular formula is C13H14N2O3S. The molecule has 6 heteroatoms. The number of rotatable bonds is 3. The summed E-state index contributed by atoms with van der Waals surface area (Å²) in [7, 11) is 2.88. The molecule has 0 saturated carbocycles. The van der Waals surface area contributed by atoms with Gasteiger partial charge in [-0.1, -0.05) is 5.16 Å². The molecule has 0 unspecified atom stereocenters. The summed E-state index contributed by atoms with van der Waals surface area (Å²) in [4.78, 5) is 22.1. The van der Waals surface area contributed by atoms with E-state index in [4.69, 9.17) is 9.57 Å². The molecule has 0 aliphatic heterocycles. The molecule has 2 aromatic rings. The molecule has 19 heavy (non-hydrogen) atoms. The highest BCUT2D eigenvalue weighted by Crippen LogP contribution is 2.30. The van der Waals surface area contributed by atoms with Crippen molar-refractivity contribution in [3.63, 3.8) is 0 Å². The lowest BCUT2D eigenvalue weighted by Crippen LogP contribution is -1.99. The number of nitrogens with zero attached hydrogens (tertiary/aromatic N) is 2. The number of carbonyl (C=O) groups is 1. The number of thiophene rings is 1. The Morgan fingerprint density at radius 1 is 1.42 bits per heavy atom. The van der Waals surface area contributed by atoms with Gasteiger partial charge in [0.1, 0.15) is 16.8 Å². The minimum Gasteiger partial charge on any atom is -0.465 e. The molecule has 0 fully saturated rings. The first-order valence-electron chi connectivity index (χ1n) is 5.64. The summed E-state index contributed by atoms with van der Waals surface area (Å²) in [6, 6.07) is 1.96. The van der Waals surface area contributed by atoms with E-state index >= 15 is 0 Å². The summed E-state index contributed by atoms with van der Waals surface area (Å²) in [5, 5.41) is 4.82. The van der Waals surface area contributed by atoms with Crippen LogP contribution in [0.3, 0.4) is 0 Å². The Morgan fingerprint density at radius 2 is 2.16 bits per heavy atom. The van der Waals surface area contributed by atoms with Crippen LogP contribution in [0, 0.1) is 6.92 Å². The van der Waals surface area contributed by atoms with E-state index in [-0.39, 0.29) is 5.97 Å². The Kier molecular flexibility index (Phi) is 3.80. The van der Waals surface area contributed by atoms with E-state index in [1.807, 2.05) is 19.9 Å². The predicted octanol–water partition coefficient (Wildman–Crippen LogP) is 2.76. The fourth-order valence-electron chi connectivity index (χ4n) is 1.77. The second-order valence-corrected chi connectivity index (χ2v) is 4.98. The van der Waals surface area contributed by atoms with Gasteiger partial charge in [0.2, 0.25) is 0 Å². The molecule has 0 radical (unpaired) electrons. The number of esters is 1. The Labute approximate surface area is 114 Å². The SMILES string of the molecule is CON=C(C)c1cnc2sc(C(=O)OC)c(C)c2c1. The summed E-state index contributed by atoms with van der Waals surface area (Å²) in [6.07, 6.45) is 1.72. The Balaban J connectivity index is 2.57. The second-order valence-electron chi connectivity index (χ2n) is 3.98. The van der Waals surface area contributed by atoms with Crippen molar-refractivity contribution in [1.29, 1.82) is 0 Å². The molecule has 0 aliphatic rings. The monoisotopic (exact) mass is 278 g/mol. The third-order valence-corrected chi connectivity index (χ3v) is 4.01. The number of hydrogen-bond acceptors (Lipinski definition) is 6. The number of methoxy groups -OCH3 is 1. The molecule has 0 bridgehead atoms. The number of aryl methyl sites for hydroxylation is 1. The van der Waals surface area contributed by atoms with Crippen molar-refractivity contribution in [3.05, 3.63) is 28.3 Å². The number of oxime groups is 1. The number of carbonyl (C=O) groups excluding carboxylic acids is 1. The Bertz CT molecular complexity index is 661.